The van der Waals surface area contributed by atoms with Gasteiger partial charge in [0.2, 0.25) is 0 Å². The number of carbonyl (C=O) groups is 3. The van der Waals surface area contributed by atoms with E-state index in [0.717, 1.165) is 0 Å². The molecule has 3 rings (SSSR count). The highest BCUT2D eigenvalue weighted by atomic mass is 32.2. The average Bonchev–Trinajstić information content (AvgIpc) is 2.98. The van der Waals surface area contributed by atoms with Crippen LogP contribution in [-0.4, -0.2) is 57.0 Å². The number of hydrogen-bond donors (Lipinski definition) is 1. The molecule has 0 fully saturated rings. The number of benzene rings is 3. The van der Waals surface area contributed by atoms with Crippen LogP contribution in [0.4, 0.5) is 17.1 Å². The Hall–Kier alpha value is -4.46. The van der Waals surface area contributed by atoms with E-state index in [1.54, 1.807) is 42.5 Å². The Labute approximate surface area is 244 Å². The molecule has 0 saturated carbocycles. The normalized spacial score (nSPS) is 12.8. The zero-order valence-corrected chi connectivity index (χ0v) is 24.6. The van der Waals surface area contributed by atoms with E-state index in [9.17, 15) is 32.9 Å². The van der Waals surface area contributed by atoms with Crippen molar-refractivity contribution in [2.24, 2.45) is 0 Å². The van der Waals surface area contributed by atoms with Crippen LogP contribution in [0.25, 0.3) is 11.1 Å². The van der Waals surface area contributed by atoms with E-state index in [2.05, 4.69) is 5.32 Å². The Morgan fingerprint density at radius 2 is 1.71 bits per heavy atom. The number of anilines is 1. The van der Waals surface area contributed by atoms with E-state index in [1.807, 2.05) is 6.92 Å². The second kappa shape index (κ2) is 13.5. The fourth-order valence-corrected chi connectivity index (χ4v) is 6.14. The van der Waals surface area contributed by atoms with Crippen molar-refractivity contribution in [3.63, 3.8) is 0 Å². The van der Waals surface area contributed by atoms with Crippen LogP contribution in [-0.2, 0) is 30.9 Å². The smallest absolute Gasteiger partial charge is 0.388 e. The first-order valence-electron chi connectivity index (χ1n) is 13.0. The van der Waals surface area contributed by atoms with Crippen molar-refractivity contribution in [3.8, 4) is 11.1 Å². The number of hydrogen-bond acceptors (Lipinski definition) is 10. The SMILES string of the molecule is CCCCC(=O)[N+](c1ccccc1-c1ccc(CNc2c(C(=O)OC)cccc2[N+](=O)[O-])cc1)(N(C)C)S(=O)(=O)C=O. The summed E-state index contributed by atoms with van der Waals surface area (Å²) < 4.78 is 30.2. The summed E-state index contributed by atoms with van der Waals surface area (Å²) >= 11 is 0. The van der Waals surface area contributed by atoms with Crippen molar-refractivity contribution >= 4 is 44.6 Å². The predicted octanol–water partition coefficient (Wildman–Crippen LogP) is 4.68. The summed E-state index contributed by atoms with van der Waals surface area (Å²) in [7, 11) is -0.628. The third-order valence-corrected chi connectivity index (χ3v) is 8.45. The number of nitro groups is 1. The minimum atomic E-state index is -4.68. The van der Waals surface area contributed by atoms with Crippen LogP contribution in [0.1, 0.15) is 42.1 Å². The number of carbonyl (C=O) groups excluding carboxylic acids is 3. The van der Waals surface area contributed by atoms with Gasteiger partial charge in [-0.1, -0.05) is 55.8 Å². The van der Waals surface area contributed by atoms with Crippen LogP contribution in [0.5, 0.6) is 0 Å². The van der Waals surface area contributed by atoms with Gasteiger partial charge in [0.1, 0.15) is 5.69 Å². The van der Waals surface area contributed by atoms with Crippen molar-refractivity contribution in [3.05, 3.63) is 88.0 Å². The molecule has 1 atom stereocenters. The van der Waals surface area contributed by atoms with Gasteiger partial charge in [0.05, 0.1) is 24.0 Å². The highest BCUT2D eigenvalue weighted by molar-refractivity contribution is 8.04. The number of ether oxygens (including phenoxy) is 1. The number of nitrogens with zero attached hydrogens (tertiary/aromatic N) is 3. The van der Waals surface area contributed by atoms with Gasteiger partial charge < -0.3 is 10.1 Å². The van der Waals surface area contributed by atoms with Gasteiger partial charge in [0.15, 0.2) is 5.69 Å². The van der Waals surface area contributed by atoms with E-state index in [4.69, 9.17) is 4.74 Å². The number of methoxy groups -OCH3 is 1. The molecular weight excluding hydrogens is 564 g/mol. The Kier molecular flexibility index (Phi) is 10.3. The Balaban J connectivity index is 2.06. The lowest BCUT2D eigenvalue weighted by Crippen LogP contribution is -2.66. The maximum atomic E-state index is 13.6. The molecule has 0 bridgehead atoms. The van der Waals surface area contributed by atoms with Gasteiger partial charge in [0, 0.05) is 38.3 Å². The molecule has 0 aliphatic carbocycles. The third kappa shape index (κ3) is 6.08. The predicted molar refractivity (Wildman–Crippen MR) is 159 cm³/mol. The van der Waals surface area contributed by atoms with Gasteiger partial charge in [-0.2, -0.15) is 8.42 Å². The molecule has 0 saturated heterocycles. The molecule has 0 spiro atoms. The number of unbranched alkanes of at least 4 members (excludes halogenated alkanes) is 1. The van der Waals surface area contributed by atoms with Crippen LogP contribution >= 0.6 is 0 Å². The maximum absolute atomic E-state index is 13.6. The third-order valence-electron chi connectivity index (χ3n) is 6.74. The second-order valence-electron chi connectivity index (χ2n) is 9.55. The molecule has 0 aromatic heterocycles. The zero-order valence-electron chi connectivity index (χ0n) is 23.8. The molecule has 3 aromatic rings. The first kappa shape index (κ1) is 32.1. The molecule has 1 amide bonds. The molecule has 1 N–H and O–H groups in total. The summed E-state index contributed by atoms with van der Waals surface area (Å²) in [6, 6.07) is 17.5. The topological polar surface area (TPSA) is 153 Å². The van der Waals surface area contributed by atoms with Crippen molar-refractivity contribution in [1.29, 1.82) is 0 Å². The molecule has 0 radical (unpaired) electrons. The molecule has 0 heterocycles. The van der Waals surface area contributed by atoms with Crippen molar-refractivity contribution in [2.45, 2.75) is 32.7 Å². The van der Waals surface area contributed by atoms with Crippen LogP contribution in [0.3, 0.4) is 0 Å². The molecule has 3 aromatic carbocycles. The van der Waals surface area contributed by atoms with Crippen LogP contribution in [0, 0.1) is 10.1 Å². The van der Waals surface area contributed by atoms with E-state index in [0.29, 0.717) is 29.5 Å². The van der Waals surface area contributed by atoms with E-state index >= 15 is 0 Å². The summed E-state index contributed by atoms with van der Waals surface area (Å²) in [4.78, 5) is 48.7. The van der Waals surface area contributed by atoms with Crippen molar-refractivity contribution in [2.75, 3.05) is 26.5 Å². The number of amides is 1. The van der Waals surface area contributed by atoms with E-state index in [1.165, 1.54) is 50.5 Å². The average molecular weight is 598 g/mol. The number of para-hydroxylation sites is 2. The number of quaternary nitrogens is 1. The highest BCUT2D eigenvalue weighted by Crippen LogP contribution is 2.39. The van der Waals surface area contributed by atoms with Gasteiger partial charge in [-0.3, -0.25) is 14.9 Å². The molecule has 0 aliphatic rings. The largest absolute Gasteiger partial charge is 0.465 e. The monoisotopic (exact) mass is 597 g/mol. The lowest BCUT2D eigenvalue weighted by molar-refractivity contribution is -0.384. The van der Waals surface area contributed by atoms with Gasteiger partial charge in [-0.25, -0.2) is 9.59 Å². The quantitative estimate of drug-likeness (QED) is 0.0966. The van der Waals surface area contributed by atoms with Gasteiger partial charge in [-0.05, 0) is 33.7 Å². The molecular formula is C29H33N4O8S+. The highest BCUT2D eigenvalue weighted by Gasteiger charge is 2.55. The Morgan fingerprint density at radius 3 is 2.29 bits per heavy atom. The van der Waals surface area contributed by atoms with Crippen molar-refractivity contribution < 1.29 is 32.5 Å². The van der Waals surface area contributed by atoms with E-state index < -0.39 is 30.8 Å². The van der Waals surface area contributed by atoms with Gasteiger partial charge >= 0.3 is 21.9 Å². The Bertz CT molecular complexity index is 1590. The van der Waals surface area contributed by atoms with Crippen LogP contribution < -0.4 is 9.31 Å². The summed E-state index contributed by atoms with van der Waals surface area (Å²) in [5.41, 5.74) is 1.35. The minimum Gasteiger partial charge on any atom is -0.465 e. The molecule has 222 valence electrons. The lowest BCUT2D eigenvalue weighted by Gasteiger charge is -2.37. The molecule has 0 aliphatic heterocycles. The molecule has 12 nitrogen and oxygen atoms in total. The Morgan fingerprint density at radius 1 is 1.05 bits per heavy atom. The first-order valence-corrected chi connectivity index (χ1v) is 14.6. The van der Waals surface area contributed by atoms with Gasteiger partial charge in [-0.15, -0.1) is 5.01 Å². The van der Waals surface area contributed by atoms with Gasteiger partial charge in [0.25, 0.3) is 11.3 Å². The second-order valence-corrected chi connectivity index (χ2v) is 11.3. The van der Waals surface area contributed by atoms with Crippen LogP contribution in [0.15, 0.2) is 66.7 Å². The fraction of sp³-hybridized carbons (Fsp3) is 0.276. The summed E-state index contributed by atoms with van der Waals surface area (Å²) in [5, 5.41) is 15.7. The first-order chi connectivity index (χ1) is 20.0. The molecule has 42 heavy (non-hydrogen) atoms. The van der Waals surface area contributed by atoms with E-state index in [-0.39, 0.29) is 41.2 Å². The number of nitrogens with one attached hydrogen (secondary N) is 1. The number of rotatable bonds is 13. The minimum absolute atomic E-state index is 0.0131. The molecule has 13 heteroatoms. The lowest BCUT2D eigenvalue weighted by atomic mass is 10.0. The molecule has 1 unspecified atom stereocenters. The zero-order chi connectivity index (χ0) is 31.1. The summed E-state index contributed by atoms with van der Waals surface area (Å²) in [6.45, 7) is 1.99. The number of sulfonamides is 1. The summed E-state index contributed by atoms with van der Waals surface area (Å²) in [6.07, 6.45) is 1.05. The number of nitro benzene ring substituents is 1. The fourth-order valence-electron chi connectivity index (χ4n) is 4.75. The van der Waals surface area contributed by atoms with Crippen molar-refractivity contribution in [1.82, 2.24) is 9.01 Å². The maximum Gasteiger partial charge on any atom is 0.388 e. The number of esters is 1. The standard InChI is InChI=1S/C29H32N4O8S/c1-5-6-14-27(35)33(31(2)3,42(39,40)20-34)26-13-8-7-10-23(26)22-17-15-21(16-18-22)19-30-28-24(29(36)41-4)11-9-12-25(28)32(37)38/h7-13,15-18,20H,5-6,14,19H2,1-4H3/p+1. The summed E-state index contributed by atoms with van der Waals surface area (Å²) in [5.74, 6) is -1.39. The van der Waals surface area contributed by atoms with Crippen LogP contribution in [0.2, 0.25) is 0 Å².